The van der Waals surface area contributed by atoms with Gasteiger partial charge in [-0.1, -0.05) is 72.8 Å². The maximum Gasteiger partial charge on any atom is 0.276 e. The molecule has 0 radical (unpaired) electrons. The quantitative estimate of drug-likeness (QED) is 0.658. The Hall–Kier alpha value is -3.25. The molecule has 5 nitrogen and oxygen atoms in total. The van der Waals surface area contributed by atoms with Gasteiger partial charge in [-0.15, -0.1) is 0 Å². The van der Waals surface area contributed by atoms with Crippen molar-refractivity contribution in [2.24, 2.45) is 0 Å². The van der Waals surface area contributed by atoms with Crippen molar-refractivity contribution in [1.82, 2.24) is 4.31 Å². The van der Waals surface area contributed by atoms with Gasteiger partial charge in [0.1, 0.15) is 0 Å². The second-order valence-electron chi connectivity index (χ2n) is 6.28. The third-order valence-electron chi connectivity index (χ3n) is 4.50. The Morgan fingerprint density at radius 2 is 1.30 bits per heavy atom. The second-order valence-corrected chi connectivity index (χ2v) is 8.11. The minimum Gasteiger partial charge on any atom is -0.267 e. The summed E-state index contributed by atoms with van der Waals surface area (Å²) < 4.78 is 24.6. The Kier molecular flexibility index (Phi) is 3.93. The molecule has 0 fully saturated rings. The lowest BCUT2D eigenvalue weighted by molar-refractivity contribution is -0.130. The molecule has 0 N–H and O–H groups in total. The number of carbonyl (C=O) groups is 2. The molecule has 134 valence electrons. The fourth-order valence-corrected chi connectivity index (χ4v) is 4.16. The van der Waals surface area contributed by atoms with E-state index in [1.54, 1.807) is 42.5 Å². The average Bonchev–Trinajstić information content (AvgIpc) is 2.92. The van der Waals surface area contributed by atoms with Crippen molar-refractivity contribution >= 4 is 43.8 Å². The highest BCUT2D eigenvalue weighted by atomic mass is 32.2. The molecule has 0 saturated carbocycles. The molecule has 3 aromatic rings. The van der Waals surface area contributed by atoms with E-state index >= 15 is 0 Å². The molecule has 0 bridgehead atoms. The van der Waals surface area contributed by atoms with E-state index in [9.17, 15) is 18.0 Å². The molecule has 1 aliphatic heterocycles. The minimum absolute atomic E-state index is 0.0994. The highest BCUT2D eigenvalue weighted by Crippen LogP contribution is 2.39. The first-order valence-electron chi connectivity index (χ1n) is 8.26. The van der Waals surface area contributed by atoms with Crippen LogP contribution in [0.5, 0.6) is 0 Å². The van der Waals surface area contributed by atoms with E-state index in [4.69, 9.17) is 0 Å². The summed E-state index contributed by atoms with van der Waals surface area (Å²) >= 11 is 0. The van der Waals surface area contributed by atoms with Gasteiger partial charge < -0.3 is 0 Å². The first kappa shape index (κ1) is 17.2. The monoisotopic (exact) mass is 377 g/mol. The van der Waals surface area contributed by atoms with Gasteiger partial charge in [0.2, 0.25) is 10.0 Å². The van der Waals surface area contributed by atoms with Gasteiger partial charge >= 0.3 is 0 Å². The Labute approximate surface area is 156 Å². The lowest BCUT2D eigenvalue weighted by atomic mass is 9.93. The Balaban J connectivity index is 2.08. The van der Waals surface area contributed by atoms with E-state index in [0.717, 1.165) is 17.0 Å². The van der Waals surface area contributed by atoms with Crippen molar-refractivity contribution in [1.29, 1.82) is 0 Å². The van der Waals surface area contributed by atoms with Gasteiger partial charge in [-0.3, -0.25) is 9.59 Å². The fraction of sp³-hybridized carbons (Fsp3) is 0.0476. The number of rotatable bonds is 3. The molecular weight excluding hydrogens is 362 g/mol. The van der Waals surface area contributed by atoms with E-state index in [0.29, 0.717) is 15.4 Å². The topological polar surface area (TPSA) is 71.5 Å². The summed E-state index contributed by atoms with van der Waals surface area (Å²) in [6, 6.07) is 21.5. The number of fused-ring (bicyclic) bond motifs is 1. The maximum absolute atomic E-state index is 13.1. The van der Waals surface area contributed by atoms with E-state index in [-0.39, 0.29) is 11.1 Å². The van der Waals surface area contributed by atoms with Crippen LogP contribution < -0.4 is 0 Å². The maximum atomic E-state index is 13.1. The van der Waals surface area contributed by atoms with Crippen LogP contribution in [0.25, 0.3) is 21.9 Å². The summed E-state index contributed by atoms with van der Waals surface area (Å²) in [5.74, 6) is -1.64. The molecule has 0 aromatic heterocycles. The largest absolute Gasteiger partial charge is 0.276 e. The predicted octanol–water partition coefficient (Wildman–Crippen LogP) is 3.08. The van der Waals surface area contributed by atoms with E-state index in [1.807, 2.05) is 30.3 Å². The number of hydrogen-bond donors (Lipinski definition) is 0. The first-order valence-corrected chi connectivity index (χ1v) is 10.1. The van der Waals surface area contributed by atoms with Crippen LogP contribution in [0, 0.1) is 0 Å². The van der Waals surface area contributed by atoms with Crippen LogP contribution in [0.4, 0.5) is 0 Å². The van der Waals surface area contributed by atoms with Crippen molar-refractivity contribution in [2.45, 2.75) is 0 Å². The third-order valence-corrected chi connectivity index (χ3v) is 5.49. The molecule has 4 rings (SSSR count). The molecular formula is C21H15NO4S. The molecule has 0 unspecified atom stereocenters. The third kappa shape index (κ3) is 2.74. The fourth-order valence-electron chi connectivity index (χ4n) is 3.38. The van der Waals surface area contributed by atoms with Crippen molar-refractivity contribution < 1.29 is 18.0 Å². The zero-order chi connectivity index (χ0) is 19.2. The molecule has 1 heterocycles. The summed E-state index contributed by atoms with van der Waals surface area (Å²) in [5, 5.41) is 1.67. The average molecular weight is 377 g/mol. The number of hydrogen-bond acceptors (Lipinski definition) is 4. The van der Waals surface area contributed by atoms with Gasteiger partial charge in [-0.05, 0) is 21.9 Å². The van der Waals surface area contributed by atoms with Gasteiger partial charge in [0.05, 0.1) is 17.4 Å². The minimum atomic E-state index is -4.04. The van der Waals surface area contributed by atoms with Crippen molar-refractivity contribution in [3.05, 3.63) is 83.9 Å². The molecule has 3 aromatic carbocycles. The number of imide groups is 1. The van der Waals surface area contributed by atoms with Gasteiger partial charge in [-0.2, -0.15) is 4.31 Å². The molecule has 2 amide bonds. The van der Waals surface area contributed by atoms with Crippen LogP contribution in [0.2, 0.25) is 0 Å². The zero-order valence-electron chi connectivity index (χ0n) is 14.4. The lowest BCUT2D eigenvalue weighted by Gasteiger charge is -2.12. The number of amides is 2. The van der Waals surface area contributed by atoms with Crippen LogP contribution in [-0.2, 0) is 19.6 Å². The summed E-state index contributed by atoms with van der Waals surface area (Å²) in [4.78, 5) is 26.0. The summed E-state index contributed by atoms with van der Waals surface area (Å²) in [7, 11) is -4.04. The Morgan fingerprint density at radius 3 is 2.00 bits per heavy atom. The van der Waals surface area contributed by atoms with Crippen LogP contribution >= 0.6 is 0 Å². The molecule has 1 aliphatic rings. The van der Waals surface area contributed by atoms with Gasteiger partial charge in [-0.25, -0.2) is 8.42 Å². The standard InChI is InChI=1S/C21H15NO4S/c1-27(25,26)22-20(23)18(15-9-3-2-4-10-15)19(21(22)24)17-13-7-11-14-8-5-6-12-16(14)17/h2-13H,1H3. The van der Waals surface area contributed by atoms with Crippen LogP contribution in [0.1, 0.15) is 11.1 Å². The molecule has 0 spiro atoms. The molecule has 0 atom stereocenters. The molecule has 27 heavy (non-hydrogen) atoms. The van der Waals surface area contributed by atoms with Crippen LogP contribution in [-0.4, -0.2) is 30.8 Å². The number of sulfonamides is 1. The molecule has 0 saturated heterocycles. The normalized spacial score (nSPS) is 15.1. The first-order chi connectivity index (χ1) is 12.9. The summed E-state index contributed by atoms with van der Waals surface area (Å²) in [5.41, 5.74) is 1.25. The van der Waals surface area contributed by atoms with Crippen LogP contribution in [0.15, 0.2) is 72.8 Å². The number of nitrogens with zero attached hydrogens (tertiary/aromatic N) is 1. The predicted molar refractivity (Wildman–Crippen MR) is 104 cm³/mol. The van der Waals surface area contributed by atoms with E-state index < -0.39 is 21.8 Å². The van der Waals surface area contributed by atoms with Gasteiger partial charge in [0.25, 0.3) is 11.8 Å². The molecule has 6 heteroatoms. The van der Waals surface area contributed by atoms with Gasteiger partial charge in [0.15, 0.2) is 0 Å². The van der Waals surface area contributed by atoms with E-state index in [2.05, 4.69) is 0 Å². The highest BCUT2D eigenvalue weighted by molar-refractivity contribution is 7.89. The Morgan fingerprint density at radius 1 is 0.704 bits per heavy atom. The summed E-state index contributed by atoms with van der Waals surface area (Å²) in [6.07, 6.45) is 0.859. The highest BCUT2D eigenvalue weighted by Gasteiger charge is 2.44. The number of carbonyl (C=O) groups excluding carboxylic acids is 2. The van der Waals surface area contributed by atoms with E-state index in [1.165, 1.54) is 0 Å². The zero-order valence-corrected chi connectivity index (χ0v) is 15.2. The van der Waals surface area contributed by atoms with Crippen LogP contribution in [0.3, 0.4) is 0 Å². The number of benzene rings is 3. The van der Waals surface area contributed by atoms with Crippen molar-refractivity contribution in [2.75, 3.05) is 6.26 Å². The van der Waals surface area contributed by atoms with Gasteiger partial charge in [0, 0.05) is 0 Å². The van der Waals surface area contributed by atoms with Crippen molar-refractivity contribution in [3.8, 4) is 0 Å². The Bertz CT molecular complexity index is 1220. The second kappa shape index (κ2) is 6.17. The molecule has 0 aliphatic carbocycles. The SMILES string of the molecule is CS(=O)(=O)N1C(=O)C(c2ccccc2)=C(c2cccc3ccccc23)C1=O. The van der Waals surface area contributed by atoms with Crippen molar-refractivity contribution in [3.63, 3.8) is 0 Å². The smallest absolute Gasteiger partial charge is 0.267 e. The lowest BCUT2D eigenvalue weighted by Crippen LogP contribution is -2.36. The summed E-state index contributed by atoms with van der Waals surface area (Å²) in [6.45, 7) is 0.